The van der Waals surface area contributed by atoms with E-state index < -0.39 is 29.0 Å². The van der Waals surface area contributed by atoms with Gasteiger partial charge in [0.2, 0.25) is 11.6 Å². The molecule has 50 heavy (non-hydrogen) atoms. The lowest BCUT2D eigenvalue weighted by Crippen LogP contribution is -2.57. The summed E-state index contributed by atoms with van der Waals surface area (Å²) >= 11 is 0. The fourth-order valence-electron chi connectivity index (χ4n) is 5.21. The molecule has 0 bridgehead atoms. The third-order valence-corrected chi connectivity index (χ3v) is 8.49. The number of oxazole rings is 1. The number of ether oxygens (including phenoxy) is 1. The quantitative estimate of drug-likeness (QED) is 0.142. The van der Waals surface area contributed by atoms with Crippen molar-refractivity contribution < 1.29 is 33.1 Å². The second-order valence-corrected chi connectivity index (χ2v) is 13.4. The van der Waals surface area contributed by atoms with Crippen molar-refractivity contribution in [3.05, 3.63) is 77.9 Å². The zero-order valence-electron chi connectivity index (χ0n) is 28.5. The molecule has 2 aliphatic rings. The third kappa shape index (κ3) is 8.28. The summed E-state index contributed by atoms with van der Waals surface area (Å²) in [6, 6.07) is 6.56. The van der Waals surface area contributed by atoms with Gasteiger partial charge in [-0.1, -0.05) is 20.8 Å². The fourth-order valence-corrected chi connectivity index (χ4v) is 5.21. The number of aromatic nitrogens is 3. The number of hydrogen-bond donors (Lipinski definition) is 4. The van der Waals surface area contributed by atoms with Crippen molar-refractivity contribution in [2.24, 2.45) is 17.1 Å². The summed E-state index contributed by atoms with van der Waals surface area (Å²) in [7, 11) is 1.70. The van der Waals surface area contributed by atoms with Crippen LogP contribution in [0.15, 0.2) is 59.5 Å². The monoisotopic (exact) mass is 686 g/mol. The molecule has 1 atom stereocenters. The highest BCUT2D eigenvalue weighted by Crippen LogP contribution is 2.38. The number of hydrogen-bond acceptors (Lipinski definition) is 10. The van der Waals surface area contributed by atoms with E-state index in [2.05, 4.69) is 26.0 Å². The maximum atomic E-state index is 13.3. The normalized spacial score (nSPS) is 16.9. The molecule has 4 amide bonds. The predicted octanol–water partition coefficient (Wildman–Crippen LogP) is 4.03. The molecular weight excluding hydrogens is 644 g/mol. The number of benzene rings is 1. The Morgan fingerprint density at radius 1 is 1.18 bits per heavy atom. The number of carbonyl (C=O) groups excluding carboxylic acids is 5. The number of primary amides is 1. The van der Waals surface area contributed by atoms with Gasteiger partial charge in [0.1, 0.15) is 12.5 Å². The minimum absolute atomic E-state index is 0.0422. The van der Waals surface area contributed by atoms with Crippen LogP contribution in [0.25, 0.3) is 11.3 Å². The number of carbonyl (C=O) groups is 5. The second-order valence-electron chi connectivity index (χ2n) is 13.4. The van der Waals surface area contributed by atoms with Crippen molar-refractivity contribution in [3.8, 4) is 5.69 Å². The average molecular weight is 687 g/mol. The lowest BCUT2D eigenvalue weighted by molar-refractivity contribution is -0.107. The van der Waals surface area contributed by atoms with Crippen LogP contribution in [0.1, 0.15) is 90.1 Å². The first kappa shape index (κ1) is 35.6. The van der Waals surface area contributed by atoms with Crippen LogP contribution in [-0.4, -0.2) is 75.6 Å². The van der Waals surface area contributed by atoms with Crippen LogP contribution in [0.4, 0.5) is 10.5 Å². The topological polar surface area (TPSA) is 204 Å². The van der Waals surface area contributed by atoms with Crippen molar-refractivity contribution in [2.45, 2.75) is 58.6 Å². The third-order valence-electron chi connectivity index (χ3n) is 8.49. The highest BCUT2D eigenvalue weighted by atomic mass is 16.6. The van der Waals surface area contributed by atoms with Crippen molar-refractivity contribution in [2.75, 3.05) is 25.5 Å². The first-order valence-electron chi connectivity index (χ1n) is 16.4. The molecule has 5 rings (SSSR count). The van der Waals surface area contributed by atoms with Crippen LogP contribution < -0.4 is 21.7 Å². The predicted molar refractivity (Wildman–Crippen MR) is 183 cm³/mol. The Morgan fingerprint density at radius 3 is 2.58 bits per heavy atom. The standard InChI is InChI=1S/C35H42N8O7/c1-34(2,3)35(50-33(48)37-19-22-8-9-22)18-24(14-15-38-35)31-40-27(21-49-31)30(46)39-26-20-43(41-28(26)29(36)45)25-12-10-23(11-13-25)32(47)42(4)16-6-5-7-17-44/h10-15,17-18,20-22,38H,5-9,16,19H2,1-4H3,(H2,36,45)(H,37,48)(H,39,46). The Hall–Kier alpha value is -5.73. The van der Waals surface area contributed by atoms with Gasteiger partial charge in [-0.2, -0.15) is 5.10 Å². The summed E-state index contributed by atoms with van der Waals surface area (Å²) in [5.74, 6) is -1.14. The number of unbranched alkanes of at least 4 members (excludes halogenated alkanes) is 2. The van der Waals surface area contributed by atoms with Gasteiger partial charge in [0.05, 0.1) is 17.6 Å². The van der Waals surface area contributed by atoms with Gasteiger partial charge in [0, 0.05) is 49.3 Å². The first-order chi connectivity index (χ1) is 23.8. The summed E-state index contributed by atoms with van der Waals surface area (Å²) in [4.78, 5) is 67.5. The van der Waals surface area contributed by atoms with E-state index in [1.807, 2.05) is 20.8 Å². The first-order valence-corrected chi connectivity index (χ1v) is 16.4. The zero-order chi connectivity index (χ0) is 36.1. The fraction of sp³-hybridized carbons (Fsp3) is 0.400. The van der Waals surface area contributed by atoms with E-state index in [0.717, 1.165) is 19.1 Å². The molecule has 264 valence electrons. The van der Waals surface area contributed by atoms with Crippen LogP contribution in [0, 0.1) is 11.3 Å². The molecule has 1 unspecified atom stereocenters. The molecule has 5 N–H and O–H groups in total. The number of allylic oxidation sites excluding steroid dienone is 2. The molecule has 15 heteroatoms. The number of rotatable bonds is 14. The molecule has 1 aliphatic carbocycles. The Morgan fingerprint density at radius 2 is 1.92 bits per heavy atom. The number of amides is 4. The Balaban J connectivity index is 1.29. The average Bonchev–Trinajstić information content (AvgIpc) is 3.60. The molecule has 3 heterocycles. The van der Waals surface area contributed by atoms with Gasteiger partial charge >= 0.3 is 6.09 Å². The van der Waals surface area contributed by atoms with Crippen molar-refractivity contribution in [3.63, 3.8) is 0 Å². The number of aldehydes is 1. The maximum absolute atomic E-state index is 13.3. The van der Waals surface area contributed by atoms with Gasteiger partial charge in [0.15, 0.2) is 11.4 Å². The van der Waals surface area contributed by atoms with E-state index in [1.165, 1.54) is 17.1 Å². The zero-order valence-corrected chi connectivity index (χ0v) is 28.5. The van der Waals surface area contributed by atoms with Gasteiger partial charge in [0.25, 0.3) is 17.7 Å². The SMILES string of the molecule is CN(CCCCC=O)C(=O)c1ccc(-n2cc(NC(=O)c3coc(C4=CC(OC(=O)NCC5CC5)(C(C)(C)C)NC=C4)n3)c(C(N)=O)n2)cc1. The summed E-state index contributed by atoms with van der Waals surface area (Å²) < 4.78 is 12.9. The van der Waals surface area contributed by atoms with E-state index in [0.29, 0.717) is 55.1 Å². The number of nitrogens with zero attached hydrogens (tertiary/aromatic N) is 4. The van der Waals surface area contributed by atoms with Gasteiger partial charge in [-0.25, -0.2) is 14.5 Å². The van der Waals surface area contributed by atoms with Gasteiger partial charge in [-0.3, -0.25) is 14.4 Å². The molecule has 15 nitrogen and oxygen atoms in total. The molecular formula is C35H42N8O7. The highest BCUT2D eigenvalue weighted by molar-refractivity contribution is 6.07. The van der Waals surface area contributed by atoms with Gasteiger partial charge < -0.3 is 40.5 Å². The molecule has 0 spiro atoms. The molecule has 3 aromatic rings. The lowest BCUT2D eigenvalue weighted by atomic mass is 9.80. The van der Waals surface area contributed by atoms with Gasteiger partial charge in [-0.05, 0) is 68.0 Å². The molecule has 1 fully saturated rings. The van der Waals surface area contributed by atoms with Crippen LogP contribution in [0.3, 0.4) is 0 Å². The highest BCUT2D eigenvalue weighted by Gasteiger charge is 2.45. The molecule has 1 saturated carbocycles. The number of dihydropyridines is 1. The summed E-state index contributed by atoms with van der Waals surface area (Å²) in [6.07, 6.45) is 12.0. The number of nitrogens with one attached hydrogen (secondary N) is 3. The van der Waals surface area contributed by atoms with E-state index >= 15 is 0 Å². The van der Waals surface area contributed by atoms with E-state index in [9.17, 15) is 24.0 Å². The summed E-state index contributed by atoms with van der Waals surface area (Å²) in [5.41, 5.74) is 4.95. The van der Waals surface area contributed by atoms with Crippen molar-refractivity contribution in [1.82, 2.24) is 30.3 Å². The Kier molecular flexibility index (Phi) is 10.5. The van der Waals surface area contributed by atoms with Crippen molar-refractivity contribution >= 4 is 41.4 Å². The van der Waals surface area contributed by atoms with Crippen LogP contribution in [-0.2, 0) is 9.53 Å². The van der Waals surface area contributed by atoms with Crippen LogP contribution in [0.2, 0.25) is 0 Å². The smallest absolute Gasteiger partial charge is 0.409 e. The molecule has 1 aromatic carbocycles. The van der Waals surface area contributed by atoms with E-state index in [4.69, 9.17) is 14.9 Å². The van der Waals surface area contributed by atoms with E-state index in [1.54, 1.807) is 54.6 Å². The Labute approximate surface area is 289 Å². The molecule has 0 saturated heterocycles. The minimum Gasteiger partial charge on any atom is -0.444 e. The number of nitrogens with two attached hydrogens (primary N) is 1. The van der Waals surface area contributed by atoms with Crippen molar-refractivity contribution in [1.29, 1.82) is 0 Å². The molecule has 1 aliphatic heterocycles. The number of anilines is 1. The van der Waals surface area contributed by atoms with Crippen LogP contribution in [0.5, 0.6) is 0 Å². The molecule has 0 radical (unpaired) electrons. The van der Waals surface area contributed by atoms with E-state index in [-0.39, 0.29) is 28.9 Å². The second kappa shape index (κ2) is 14.8. The lowest BCUT2D eigenvalue weighted by Gasteiger charge is -2.43. The maximum Gasteiger partial charge on any atom is 0.409 e. The number of alkyl carbamates (subject to hydrolysis) is 1. The van der Waals surface area contributed by atoms with Gasteiger partial charge in [-0.15, -0.1) is 0 Å². The summed E-state index contributed by atoms with van der Waals surface area (Å²) in [6.45, 7) is 6.82. The largest absolute Gasteiger partial charge is 0.444 e. The van der Waals surface area contributed by atoms with Crippen LogP contribution >= 0.6 is 0 Å². The minimum atomic E-state index is -1.24. The molecule has 2 aromatic heterocycles. The Bertz CT molecular complexity index is 1810. The summed E-state index contributed by atoms with van der Waals surface area (Å²) in [5, 5.41) is 12.9.